The number of aryl methyl sites for hydroxylation is 1. The summed E-state index contributed by atoms with van der Waals surface area (Å²) in [7, 11) is 0. The second-order valence-electron chi connectivity index (χ2n) is 7.39. The number of primary amides is 1. The van der Waals surface area contributed by atoms with Gasteiger partial charge in [0.25, 0.3) is 5.91 Å². The van der Waals surface area contributed by atoms with Gasteiger partial charge in [-0.15, -0.1) is 0 Å². The van der Waals surface area contributed by atoms with E-state index in [1.54, 1.807) is 6.07 Å². The number of hydrogen-bond acceptors (Lipinski definition) is 4. The van der Waals surface area contributed by atoms with Crippen molar-refractivity contribution in [3.63, 3.8) is 0 Å². The first-order valence-corrected chi connectivity index (χ1v) is 9.93. The van der Waals surface area contributed by atoms with Gasteiger partial charge in [0.05, 0.1) is 16.8 Å². The number of nitrogens with two attached hydrogens (primary N) is 1. The zero-order valence-corrected chi connectivity index (χ0v) is 16.6. The van der Waals surface area contributed by atoms with E-state index in [-0.39, 0.29) is 5.92 Å². The number of carbonyl (C=O) groups excluding carboxylic acids is 1. The molecule has 0 radical (unpaired) electrons. The van der Waals surface area contributed by atoms with Crippen molar-refractivity contribution >= 4 is 28.4 Å². The third-order valence-electron chi connectivity index (χ3n) is 5.37. The average molecular weight is 395 g/mol. The zero-order valence-electron chi connectivity index (χ0n) is 15.9. The standard InChI is InChI=1S/C22H23ClN4O/c1-14-25-20(18-7-3-8-19(22(24)28)21(18)26-14)12-16(13-27-9-4-10-27)15-5-2-6-17(23)11-15/h2-3,5-8,11,16H,4,9-10,12-13H2,1H3,(H2,24,28)/t16-/m1/s1. The zero-order chi connectivity index (χ0) is 19.7. The lowest BCUT2D eigenvalue weighted by Gasteiger charge is -2.34. The van der Waals surface area contributed by atoms with Gasteiger partial charge in [0.1, 0.15) is 5.82 Å². The molecule has 3 aromatic rings. The molecule has 2 N–H and O–H groups in total. The number of nitrogens with zero attached hydrogens (tertiary/aromatic N) is 3. The number of amides is 1. The highest BCUT2D eigenvalue weighted by Crippen LogP contribution is 2.29. The summed E-state index contributed by atoms with van der Waals surface area (Å²) in [6.07, 6.45) is 2.00. The van der Waals surface area contributed by atoms with E-state index in [0.717, 1.165) is 42.2 Å². The molecule has 1 saturated heterocycles. The van der Waals surface area contributed by atoms with Crippen LogP contribution in [0, 0.1) is 6.92 Å². The maximum Gasteiger partial charge on any atom is 0.250 e. The third kappa shape index (κ3) is 3.86. The molecule has 0 aliphatic carbocycles. The average Bonchev–Trinajstić information content (AvgIpc) is 2.62. The SMILES string of the molecule is Cc1nc(C[C@H](CN2CCC2)c2cccc(Cl)c2)c2cccc(C(N)=O)c2n1. The minimum Gasteiger partial charge on any atom is -0.366 e. The Morgan fingerprint density at radius 3 is 2.68 bits per heavy atom. The molecule has 1 aliphatic rings. The number of para-hydroxylation sites is 1. The van der Waals surface area contributed by atoms with Crippen LogP contribution in [0.4, 0.5) is 0 Å². The molecule has 1 amide bonds. The van der Waals surface area contributed by atoms with E-state index in [1.807, 2.05) is 37.3 Å². The minimum absolute atomic E-state index is 0.258. The topological polar surface area (TPSA) is 72.1 Å². The van der Waals surface area contributed by atoms with E-state index in [9.17, 15) is 4.79 Å². The summed E-state index contributed by atoms with van der Waals surface area (Å²) in [5, 5.41) is 1.63. The Hall–Kier alpha value is -2.50. The predicted octanol–water partition coefficient (Wildman–Crippen LogP) is 3.72. The molecular formula is C22H23ClN4O. The Morgan fingerprint density at radius 1 is 1.21 bits per heavy atom. The van der Waals surface area contributed by atoms with Crippen molar-refractivity contribution in [1.29, 1.82) is 0 Å². The largest absolute Gasteiger partial charge is 0.366 e. The van der Waals surface area contributed by atoms with Gasteiger partial charge < -0.3 is 10.6 Å². The van der Waals surface area contributed by atoms with Crippen molar-refractivity contribution in [1.82, 2.24) is 14.9 Å². The Balaban J connectivity index is 1.76. The van der Waals surface area contributed by atoms with Gasteiger partial charge in [-0.3, -0.25) is 4.79 Å². The van der Waals surface area contributed by atoms with E-state index in [2.05, 4.69) is 16.0 Å². The Labute approximate surface area is 169 Å². The van der Waals surface area contributed by atoms with Crippen LogP contribution in [0.15, 0.2) is 42.5 Å². The lowest BCUT2D eigenvalue weighted by Crippen LogP contribution is -2.40. The van der Waals surface area contributed by atoms with Gasteiger partial charge in [-0.05, 0) is 56.6 Å². The van der Waals surface area contributed by atoms with Crippen molar-refractivity contribution in [2.45, 2.75) is 25.7 Å². The highest BCUT2D eigenvalue weighted by molar-refractivity contribution is 6.30. The maximum absolute atomic E-state index is 11.9. The fourth-order valence-electron chi connectivity index (χ4n) is 3.85. The maximum atomic E-state index is 11.9. The Morgan fingerprint density at radius 2 is 2.00 bits per heavy atom. The molecule has 144 valence electrons. The summed E-state index contributed by atoms with van der Waals surface area (Å²) in [6, 6.07) is 13.6. The van der Waals surface area contributed by atoms with Gasteiger partial charge >= 0.3 is 0 Å². The Bertz CT molecular complexity index is 1030. The number of benzene rings is 2. The number of fused-ring (bicyclic) bond motifs is 1. The number of hydrogen-bond donors (Lipinski definition) is 1. The van der Waals surface area contributed by atoms with Crippen LogP contribution in [-0.4, -0.2) is 40.4 Å². The van der Waals surface area contributed by atoms with E-state index in [4.69, 9.17) is 22.3 Å². The quantitative estimate of drug-likeness (QED) is 0.691. The Kier molecular flexibility index (Phi) is 5.29. The molecule has 4 rings (SSSR count). The van der Waals surface area contributed by atoms with Crippen LogP contribution in [0.25, 0.3) is 10.9 Å². The molecule has 5 nitrogen and oxygen atoms in total. The number of aromatic nitrogens is 2. The van der Waals surface area contributed by atoms with Crippen molar-refractivity contribution in [2.24, 2.45) is 5.73 Å². The van der Waals surface area contributed by atoms with Crippen LogP contribution >= 0.6 is 11.6 Å². The first-order chi connectivity index (χ1) is 13.5. The summed E-state index contributed by atoms with van der Waals surface area (Å²) in [5.41, 5.74) is 8.77. The fourth-order valence-corrected chi connectivity index (χ4v) is 4.05. The van der Waals surface area contributed by atoms with Gasteiger partial charge in [-0.2, -0.15) is 0 Å². The summed E-state index contributed by atoms with van der Waals surface area (Å²) >= 11 is 6.26. The molecule has 6 heteroatoms. The van der Waals surface area contributed by atoms with Crippen molar-refractivity contribution in [3.05, 3.63) is 70.1 Å². The van der Waals surface area contributed by atoms with Crippen LogP contribution in [0.3, 0.4) is 0 Å². The smallest absolute Gasteiger partial charge is 0.250 e. The molecule has 0 unspecified atom stereocenters. The van der Waals surface area contributed by atoms with Crippen LogP contribution < -0.4 is 5.73 Å². The van der Waals surface area contributed by atoms with Crippen molar-refractivity contribution in [3.8, 4) is 0 Å². The van der Waals surface area contributed by atoms with Crippen LogP contribution in [-0.2, 0) is 6.42 Å². The lowest BCUT2D eigenvalue weighted by molar-refractivity contribution is 0.100. The summed E-state index contributed by atoms with van der Waals surface area (Å²) < 4.78 is 0. The number of likely N-dealkylation sites (tertiary alicyclic amines) is 1. The van der Waals surface area contributed by atoms with Crippen LogP contribution in [0.1, 0.15) is 39.8 Å². The molecular weight excluding hydrogens is 372 g/mol. The molecule has 2 aromatic carbocycles. The molecule has 2 heterocycles. The first kappa shape index (κ1) is 18.8. The monoisotopic (exact) mass is 394 g/mol. The van der Waals surface area contributed by atoms with E-state index >= 15 is 0 Å². The molecule has 1 aromatic heterocycles. The van der Waals surface area contributed by atoms with Crippen LogP contribution in [0.5, 0.6) is 0 Å². The number of halogens is 1. The predicted molar refractivity (Wildman–Crippen MR) is 112 cm³/mol. The van der Waals surface area contributed by atoms with E-state index in [1.165, 1.54) is 12.0 Å². The first-order valence-electron chi connectivity index (χ1n) is 9.55. The van der Waals surface area contributed by atoms with Crippen LogP contribution in [0.2, 0.25) is 5.02 Å². The third-order valence-corrected chi connectivity index (χ3v) is 5.60. The summed E-state index contributed by atoms with van der Waals surface area (Å²) in [5.74, 6) is 0.431. The summed E-state index contributed by atoms with van der Waals surface area (Å²) in [4.78, 5) is 23.5. The second kappa shape index (κ2) is 7.86. The molecule has 1 atom stereocenters. The minimum atomic E-state index is -0.471. The lowest BCUT2D eigenvalue weighted by atomic mass is 9.91. The second-order valence-corrected chi connectivity index (χ2v) is 7.83. The van der Waals surface area contributed by atoms with Gasteiger partial charge in [-0.1, -0.05) is 35.9 Å². The van der Waals surface area contributed by atoms with Crippen molar-refractivity contribution in [2.75, 3.05) is 19.6 Å². The van der Waals surface area contributed by atoms with Gasteiger partial charge in [0.2, 0.25) is 0 Å². The van der Waals surface area contributed by atoms with E-state index in [0.29, 0.717) is 16.9 Å². The highest BCUT2D eigenvalue weighted by Gasteiger charge is 2.23. The van der Waals surface area contributed by atoms with Gasteiger partial charge in [-0.25, -0.2) is 9.97 Å². The molecule has 0 spiro atoms. The van der Waals surface area contributed by atoms with Gasteiger partial charge in [0, 0.05) is 22.9 Å². The molecule has 1 aliphatic heterocycles. The number of carbonyl (C=O) groups is 1. The number of rotatable bonds is 6. The molecule has 0 bridgehead atoms. The molecule has 1 fully saturated rings. The summed E-state index contributed by atoms with van der Waals surface area (Å²) in [6.45, 7) is 5.07. The molecule has 0 saturated carbocycles. The van der Waals surface area contributed by atoms with Crippen molar-refractivity contribution < 1.29 is 4.79 Å². The van der Waals surface area contributed by atoms with Gasteiger partial charge in [0.15, 0.2) is 0 Å². The molecule has 28 heavy (non-hydrogen) atoms. The normalized spacial score (nSPS) is 15.4. The fraction of sp³-hybridized carbons (Fsp3) is 0.318. The van der Waals surface area contributed by atoms with E-state index < -0.39 is 5.91 Å². The highest BCUT2D eigenvalue weighted by atomic mass is 35.5.